The number of aromatic nitrogens is 1. The lowest BCUT2D eigenvalue weighted by Gasteiger charge is -2.42. The summed E-state index contributed by atoms with van der Waals surface area (Å²) in [6, 6.07) is 11.7. The number of hydrogen-bond donors (Lipinski definition) is 0. The number of aryl methyl sites for hydroxylation is 1. The Balaban J connectivity index is 0.00000156. The predicted octanol–water partition coefficient (Wildman–Crippen LogP) is 4.79. The van der Waals surface area contributed by atoms with Crippen molar-refractivity contribution >= 4 is 24.0 Å². The zero-order chi connectivity index (χ0) is 15.3. The first-order valence-corrected chi connectivity index (χ1v) is 8.42. The summed E-state index contributed by atoms with van der Waals surface area (Å²) in [5.41, 5.74) is 2.33. The largest absolute Gasteiger partial charge is 0.361 e. The highest BCUT2D eigenvalue weighted by atomic mass is 35.5. The average molecular weight is 353 g/mol. The van der Waals surface area contributed by atoms with Crippen molar-refractivity contribution in [2.45, 2.75) is 50.1 Å². The third kappa shape index (κ3) is 2.90. The highest BCUT2D eigenvalue weighted by Gasteiger charge is 2.47. The molecule has 2 fully saturated rings. The van der Waals surface area contributed by atoms with Gasteiger partial charge < -0.3 is 4.52 Å². The van der Waals surface area contributed by atoms with Crippen LogP contribution in [0.2, 0.25) is 5.02 Å². The molecular formula is C18H22Cl2N2O. The van der Waals surface area contributed by atoms with Crippen molar-refractivity contribution < 1.29 is 4.52 Å². The van der Waals surface area contributed by atoms with E-state index in [0.29, 0.717) is 23.9 Å². The molecule has 1 aromatic heterocycles. The number of fused-ring (bicyclic) bond motifs is 2. The first kappa shape index (κ1) is 16.8. The van der Waals surface area contributed by atoms with Gasteiger partial charge in [-0.15, -0.1) is 12.4 Å². The van der Waals surface area contributed by atoms with Crippen molar-refractivity contribution in [3.8, 4) is 0 Å². The fourth-order valence-corrected chi connectivity index (χ4v) is 4.57. The maximum atomic E-state index is 6.06. The summed E-state index contributed by atoms with van der Waals surface area (Å²) in [5.74, 6) is 1.90. The number of hydrogen-bond acceptors (Lipinski definition) is 3. The highest BCUT2D eigenvalue weighted by Crippen LogP contribution is 2.50. The quantitative estimate of drug-likeness (QED) is 0.777. The molecular weight excluding hydrogens is 331 g/mol. The van der Waals surface area contributed by atoms with Crippen LogP contribution < -0.4 is 0 Å². The van der Waals surface area contributed by atoms with Gasteiger partial charge in [0.25, 0.3) is 0 Å². The molecule has 4 rings (SSSR count). The summed E-state index contributed by atoms with van der Waals surface area (Å²) in [5, 5.41) is 4.92. The molecule has 23 heavy (non-hydrogen) atoms. The van der Waals surface area contributed by atoms with E-state index < -0.39 is 0 Å². The SMILES string of the molecule is Cc1cc(C2C(c3ccc(Cl)cc3)C[C@@H]3CC[C@H]2N3C)on1.Cl. The summed E-state index contributed by atoms with van der Waals surface area (Å²) in [4.78, 5) is 2.55. The molecule has 2 aliphatic rings. The van der Waals surface area contributed by atoms with Gasteiger partial charge in [-0.1, -0.05) is 28.9 Å². The molecule has 0 radical (unpaired) electrons. The molecule has 0 spiro atoms. The molecule has 3 nitrogen and oxygen atoms in total. The smallest absolute Gasteiger partial charge is 0.142 e. The Morgan fingerprint density at radius 2 is 1.96 bits per heavy atom. The number of benzene rings is 1. The Hall–Kier alpha value is -1.03. The third-order valence-electron chi connectivity index (χ3n) is 5.54. The van der Waals surface area contributed by atoms with Gasteiger partial charge in [0.05, 0.1) is 5.69 Å². The predicted molar refractivity (Wildman–Crippen MR) is 94.6 cm³/mol. The number of likely N-dealkylation sites (N-methyl/N-ethyl adjacent to an activating group) is 1. The lowest BCUT2D eigenvalue weighted by molar-refractivity contribution is 0.122. The van der Waals surface area contributed by atoms with Crippen LogP contribution >= 0.6 is 24.0 Å². The normalized spacial score (nSPS) is 30.2. The second kappa shape index (κ2) is 6.46. The molecule has 2 saturated heterocycles. The molecule has 4 atom stereocenters. The molecule has 0 aliphatic carbocycles. The van der Waals surface area contributed by atoms with Crippen LogP contribution in [0.5, 0.6) is 0 Å². The van der Waals surface area contributed by atoms with E-state index in [1.807, 2.05) is 19.1 Å². The van der Waals surface area contributed by atoms with E-state index in [2.05, 4.69) is 35.3 Å². The molecule has 0 amide bonds. The summed E-state index contributed by atoms with van der Waals surface area (Å²) in [6.07, 6.45) is 3.71. The summed E-state index contributed by atoms with van der Waals surface area (Å²) < 4.78 is 5.68. The van der Waals surface area contributed by atoms with Gasteiger partial charge in [0.2, 0.25) is 0 Å². The van der Waals surface area contributed by atoms with Gasteiger partial charge in [0.1, 0.15) is 5.76 Å². The van der Waals surface area contributed by atoms with Crippen LogP contribution in [0, 0.1) is 6.92 Å². The van der Waals surface area contributed by atoms with Crippen molar-refractivity contribution in [1.29, 1.82) is 0 Å². The second-order valence-corrected chi connectivity index (χ2v) is 7.19. The molecule has 2 aliphatic heterocycles. The van der Waals surface area contributed by atoms with E-state index in [-0.39, 0.29) is 12.4 Å². The van der Waals surface area contributed by atoms with Gasteiger partial charge in [-0.3, -0.25) is 4.90 Å². The average Bonchev–Trinajstić information content (AvgIpc) is 3.02. The standard InChI is InChI=1S/C18H21ClN2O.ClH/c1-11-9-17(22-20-11)18-15(12-3-5-13(19)6-4-12)10-14-7-8-16(18)21(14)2;/h3-6,9,14-16,18H,7-8,10H2,1-2H3;1H/t14-,15?,16+,18?;/m0./s1. The minimum atomic E-state index is 0. The minimum absolute atomic E-state index is 0. The molecule has 1 aromatic carbocycles. The van der Waals surface area contributed by atoms with Gasteiger partial charge in [-0.25, -0.2) is 0 Å². The summed E-state index contributed by atoms with van der Waals surface area (Å²) in [6.45, 7) is 1.99. The van der Waals surface area contributed by atoms with Gasteiger partial charge >= 0.3 is 0 Å². The maximum absolute atomic E-state index is 6.06. The fraction of sp³-hybridized carbons (Fsp3) is 0.500. The Morgan fingerprint density at radius 1 is 1.22 bits per heavy atom. The van der Waals surface area contributed by atoms with Crippen LogP contribution in [0.1, 0.15) is 48.1 Å². The third-order valence-corrected chi connectivity index (χ3v) is 5.79. The Labute approximate surface area is 148 Å². The Morgan fingerprint density at radius 3 is 2.61 bits per heavy atom. The fourth-order valence-electron chi connectivity index (χ4n) is 4.45. The van der Waals surface area contributed by atoms with E-state index in [0.717, 1.165) is 16.5 Å². The number of piperidine rings is 1. The van der Waals surface area contributed by atoms with Crippen molar-refractivity contribution in [2.75, 3.05) is 7.05 Å². The molecule has 0 saturated carbocycles. The first-order valence-electron chi connectivity index (χ1n) is 8.04. The van der Waals surface area contributed by atoms with Crippen molar-refractivity contribution in [2.24, 2.45) is 0 Å². The summed E-state index contributed by atoms with van der Waals surface area (Å²) in [7, 11) is 2.26. The van der Waals surface area contributed by atoms with Crippen molar-refractivity contribution in [3.05, 3.63) is 52.4 Å². The van der Waals surface area contributed by atoms with E-state index in [9.17, 15) is 0 Å². The lowest BCUT2D eigenvalue weighted by atomic mass is 9.75. The van der Waals surface area contributed by atoms with Crippen LogP contribution in [0.4, 0.5) is 0 Å². The highest BCUT2D eigenvalue weighted by molar-refractivity contribution is 6.30. The number of halogens is 2. The molecule has 2 unspecified atom stereocenters. The second-order valence-electron chi connectivity index (χ2n) is 6.75. The minimum Gasteiger partial charge on any atom is -0.361 e. The maximum Gasteiger partial charge on any atom is 0.142 e. The molecule has 0 N–H and O–H groups in total. The van der Waals surface area contributed by atoms with Gasteiger partial charge in [0, 0.05) is 29.1 Å². The topological polar surface area (TPSA) is 29.3 Å². The molecule has 2 bridgehead atoms. The van der Waals surface area contributed by atoms with Crippen LogP contribution in [0.3, 0.4) is 0 Å². The Kier molecular flexibility index (Phi) is 4.73. The van der Waals surface area contributed by atoms with E-state index >= 15 is 0 Å². The van der Waals surface area contributed by atoms with Crippen LogP contribution in [0.15, 0.2) is 34.9 Å². The zero-order valence-electron chi connectivity index (χ0n) is 13.4. The van der Waals surface area contributed by atoms with Crippen LogP contribution in [0.25, 0.3) is 0 Å². The Bertz CT molecular complexity index is 670. The van der Waals surface area contributed by atoms with Crippen LogP contribution in [-0.2, 0) is 0 Å². The number of rotatable bonds is 2. The van der Waals surface area contributed by atoms with Crippen molar-refractivity contribution in [1.82, 2.24) is 10.1 Å². The molecule has 3 heterocycles. The van der Waals surface area contributed by atoms with Crippen LogP contribution in [-0.4, -0.2) is 29.2 Å². The lowest BCUT2D eigenvalue weighted by Crippen LogP contribution is -2.44. The molecule has 124 valence electrons. The summed E-state index contributed by atoms with van der Waals surface area (Å²) >= 11 is 6.06. The van der Waals surface area contributed by atoms with Crippen molar-refractivity contribution in [3.63, 3.8) is 0 Å². The van der Waals surface area contributed by atoms with E-state index in [1.54, 1.807) is 0 Å². The van der Waals surface area contributed by atoms with Gasteiger partial charge in [-0.2, -0.15) is 0 Å². The molecule has 5 heteroatoms. The van der Waals surface area contributed by atoms with E-state index in [4.69, 9.17) is 16.1 Å². The number of nitrogens with zero attached hydrogens (tertiary/aromatic N) is 2. The zero-order valence-corrected chi connectivity index (χ0v) is 15.0. The van der Waals surface area contributed by atoms with E-state index in [1.165, 1.54) is 24.8 Å². The monoisotopic (exact) mass is 352 g/mol. The van der Waals surface area contributed by atoms with Gasteiger partial charge in [-0.05, 0) is 56.8 Å². The van der Waals surface area contributed by atoms with Gasteiger partial charge in [0.15, 0.2) is 0 Å². The first-order chi connectivity index (χ1) is 10.6. The molecule has 2 aromatic rings.